The van der Waals surface area contributed by atoms with Crippen molar-refractivity contribution in [2.75, 3.05) is 5.32 Å². The summed E-state index contributed by atoms with van der Waals surface area (Å²) >= 11 is 0. The summed E-state index contributed by atoms with van der Waals surface area (Å²) in [6, 6.07) is 7.28. The van der Waals surface area contributed by atoms with Gasteiger partial charge in [0.15, 0.2) is 0 Å². The summed E-state index contributed by atoms with van der Waals surface area (Å²) < 4.78 is 0. The Kier molecular flexibility index (Phi) is 5.99. The van der Waals surface area contributed by atoms with Gasteiger partial charge in [-0.3, -0.25) is 9.59 Å². The number of anilines is 1. The highest BCUT2D eigenvalue weighted by atomic mass is 16.2. The summed E-state index contributed by atoms with van der Waals surface area (Å²) in [6.07, 6.45) is 6.27. The van der Waals surface area contributed by atoms with Crippen molar-refractivity contribution in [3.05, 3.63) is 29.8 Å². The predicted molar refractivity (Wildman–Crippen MR) is 88.9 cm³/mol. The standard InChI is InChI=1S/C18H26N2O2/c1-3-13(2)19-18(22)15-9-6-10-16(12-15)20-17(21)11-14-7-4-5-8-14/h6,9-10,12-14H,3-5,7-8,11H2,1-2H3,(H,19,22)(H,20,21). The molecule has 0 radical (unpaired) electrons. The molecule has 1 aliphatic rings. The van der Waals surface area contributed by atoms with Crippen LogP contribution in [0.2, 0.25) is 0 Å². The number of carbonyl (C=O) groups excluding carboxylic acids is 2. The molecule has 1 atom stereocenters. The van der Waals surface area contributed by atoms with E-state index in [4.69, 9.17) is 0 Å². The minimum absolute atomic E-state index is 0.0476. The Bertz CT molecular complexity index is 522. The van der Waals surface area contributed by atoms with Crippen LogP contribution in [0.3, 0.4) is 0 Å². The minimum Gasteiger partial charge on any atom is -0.350 e. The molecule has 1 aliphatic carbocycles. The van der Waals surface area contributed by atoms with Crippen molar-refractivity contribution in [3.8, 4) is 0 Å². The molecule has 1 aromatic carbocycles. The quantitative estimate of drug-likeness (QED) is 0.841. The van der Waals surface area contributed by atoms with Crippen LogP contribution in [0.1, 0.15) is 62.7 Å². The molecular weight excluding hydrogens is 276 g/mol. The van der Waals surface area contributed by atoms with Crippen LogP contribution in [-0.4, -0.2) is 17.9 Å². The van der Waals surface area contributed by atoms with Gasteiger partial charge in [-0.05, 0) is 50.3 Å². The molecule has 0 aromatic heterocycles. The highest BCUT2D eigenvalue weighted by Gasteiger charge is 2.18. The van der Waals surface area contributed by atoms with E-state index < -0.39 is 0 Å². The second-order valence-corrected chi connectivity index (χ2v) is 6.27. The lowest BCUT2D eigenvalue weighted by atomic mass is 10.0. The molecule has 120 valence electrons. The maximum Gasteiger partial charge on any atom is 0.251 e. The van der Waals surface area contributed by atoms with Gasteiger partial charge in [0.25, 0.3) is 5.91 Å². The molecule has 4 nitrogen and oxygen atoms in total. The van der Waals surface area contributed by atoms with E-state index in [0.717, 1.165) is 19.3 Å². The molecule has 1 aromatic rings. The number of amides is 2. The third kappa shape index (κ3) is 4.86. The highest BCUT2D eigenvalue weighted by Crippen LogP contribution is 2.27. The molecule has 0 saturated heterocycles. The van der Waals surface area contributed by atoms with Gasteiger partial charge in [0, 0.05) is 23.7 Å². The Labute approximate surface area is 132 Å². The van der Waals surface area contributed by atoms with Crippen molar-refractivity contribution >= 4 is 17.5 Å². The monoisotopic (exact) mass is 302 g/mol. The first-order valence-corrected chi connectivity index (χ1v) is 8.29. The molecule has 0 aliphatic heterocycles. The maximum absolute atomic E-state index is 12.1. The van der Waals surface area contributed by atoms with Gasteiger partial charge < -0.3 is 10.6 Å². The van der Waals surface area contributed by atoms with Gasteiger partial charge in [-0.25, -0.2) is 0 Å². The first-order valence-electron chi connectivity index (χ1n) is 8.29. The summed E-state index contributed by atoms with van der Waals surface area (Å²) in [6.45, 7) is 4.01. The maximum atomic E-state index is 12.1. The van der Waals surface area contributed by atoms with E-state index in [1.165, 1.54) is 12.8 Å². The molecular formula is C18H26N2O2. The number of nitrogens with one attached hydrogen (secondary N) is 2. The fraction of sp³-hybridized carbons (Fsp3) is 0.556. The van der Waals surface area contributed by atoms with Crippen LogP contribution in [0.15, 0.2) is 24.3 Å². The lowest BCUT2D eigenvalue weighted by Gasteiger charge is -2.13. The van der Waals surface area contributed by atoms with Crippen molar-refractivity contribution in [3.63, 3.8) is 0 Å². The zero-order valence-electron chi connectivity index (χ0n) is 13.5. The van der Waals surface area contributed by atoms with Crippen LogP contribution in [-0.2, 0) is 4.79 Å². The van der Waals surface area contributed by atoms with Crippen LogP contribution >= 0.6 is 0 Å². The lowest BCUT2D eigenvalue weighted by Crippen LogP contribution is -2.31. The summed E-state index contributed by atoms with van der Waals surface area (Å²) in [5.74, 6) is 0.476. The van der Waals surface area contributed by atoms with Gasteiger partial charge in [-0.1, -0.05) is 25.8 Å². The first kappa shape index (κ1) is 16.5. The van der Waals surface area contributed by atoms with Crippen molar-refractivity contribution in [1.82, 2.24) is 5.32 Å². The largest absolute Gasteiger partial charge is 0.350 e. The number of hydrogen-bond donors (Lipinski definition) is 2. The first-order chi connectivity index (χ1) is 10.6. The van der Waals surface area contributed by atoms with Crippen LogP contribution in [0, 0.1) is 5.92 Å². The Morgan fingerprint density at radius 3 is 2.68 bits per heavy atom. The average Bonchev–Trinajstić information content (AvgIpc) is 3.00. The number of benzene rings is 1. The van der Waals surface area contributed by atoms with Gasteiger partial charge in [0.1, 0.15) is 0 Å². The van der Waals surface area contributed by atoms with E-state index in [2.05, 4.69) is 10.6 Å². The summed E-state index contributed by atoms with van der Waals surface area (Å²) in [4.78, 5) is 24.2. The normalized spacial score (nSPS) is 16.3. The van der Waals surface area contributed by atoms with Crippen LogP contribution in [0.25, 0.3) is 0 Å². The van der Waals surface area contributed by atoms with Gasteiger partial charge >= 0.3 is 0 Å². The zero-order chi connectivity index (χ0) is 15.9. The Morgan fingerprint density at radius 2 is 2.00 bits per heavy atom. The summed E-state index contributed by atoms with van der Waals surface area (Å²) in [5, 5.41) is 5.85. The highest BCUT2D eigenvalue weighted by molar-refractivity contribution is 5.97. The van der Waals surface area contributed by atoms with Crippen molar-refractivity contribution in [1.29, 1.82) is 0 Å². The van der Waals surface area contributed by atoms with Gasteiger partial charge in [0.2, 0.25) is 5.91 Å². The molecule has 1 unspecified atom stereocenters. The fourth-order valence-electron chi connectivity index (χ4n) is 2.84. The Balaban J connectivity index is 1.92. The topological polar surface area (TPSA) is 58.2 Å². The van der Waals surface area contributed by atoms with Crippen LogP contribution < -0.4 is 10.6 Å². The second-order valence-electron chi connectivity index (χ2n) is 6.27. The van der Waals surface area contributed by atoms with Crippen molar-refractivity contribution < 1.29 is 9.59 Å². The van der Waals surface area contributed by atoms with E-state index in [-0.39, 0.29) is 17.9 Å². The smallest absolute Gasteiger partial charge is 0.251 e. The minimum atomic E-state index is -0.0961. The van der Waals surface area contributed by atoms with Gasteiger partial charge in [0.05, 0.1) is 0 Å². The Morgan fingerprint density at radius 1 is 1.27 bits per heavy atom. The van der Waals surface area contributed by atoms with E-state index >= 15 is 0 Å². The third-order valence-electron chi connectivity index (χ3n) is 4.35. The van der Waals surface area contributed by atoms with Crippen molar-refractivity contribution in [2.24, 2.45) is 5.92 Å². The lowest BCUT2D eigenvalue weighted by molar-refractivity contribution is -0.117. The van der Waals surface area contributed by atoms with Crippen LogP contribution in [0.5, 0.6) is 0 Å². The molecule has 2 amide bonds. The van der Waals surface area contributed by atoms with E-state index in [1.807, 2.05) is 19.9 Å². The van der Waals surface area contributed by atoms with Gasteiger partial charge in [-0.2, -0.15) is 0 Å². The third-order valence-corrected chi connectivity index (χ3v) is 4.35. The molecule has 1 saturated carbocycles. The average molecular weight is 302 g/mol. The summed E-state index contributed by atoms with van der Waals surface area (Å²) in [5.41, 5.74) is 1.28. The second kappa shape index (κ2) is 7.97. The van der Waals surface area contributed by atoms with E-state index in [1.54, 1.807) is 18.2 Å². The molecule has 2 N–H and O–H groups in total. The molecule has 4 heteroatoms. The van der Waals surface area contributed by atoms with Crippen LogP contribution in [0.4, 0.5) is 5.69 Å². The van der Waals surface area contributed by atoms with Gasteiger partial charge in [-0.15, -0.1) is 0 Å². The predicted octanol–water partition coefficient (Wildman–Crippen LogP) is 3.73. The molecule has 0 bridgehead atoms. The zero-order valence-corrected chi connectivity index (χ0v) is 13.5. The number of hydrogen-bond acceptors (Lipinski definition) is 2. The fourth-order valence-corrected chi connectivity index (χ4v) is 2.84. The number of carbonyl (C=O) groups is 2. The molecule has 2 rings (SSSR count). The molecule has 22 heavy (non-hydrogen) atoms. The summed E-state index contributed by atoms with van der Waals surface area (Å²) in [7, 11) is 0. The molecule has 1 fully saturated rings. The Hall–Kier alpha value is -1.84. The molecule has 0 spiro atoms. The van der Waals surface area contributed by atoms with E-state index in [9.17, 15) is 9.59 Å². The molecule has 0 heterocycles. The SMILES string of the molecule is CCC(C)NC(=O)c1cccc(NC(=O)CC2CCCC2)c1. The number of rotatable bonds is 6. The van der Waals surface area contributed by atoms with Crippen molar-refractivity contribution in [2.45, 2.75) is 58.4 Å². The van der Waals surface area contributed by atoms with E-state index in [0.29, 0.717) is 23.6 Å².